The van der Waals surface area contributed by atoms with Crippen molar-refractivity contribution in [2.24, 2.45) is 0 Å². The zero-order valence-corrected chi connectivity index (χ0v) is 11.6. The van der Waals surface area contributed by atoms with E-state index in [1.54, 1.807) is 43.3 Å². The molecular formula is C16H16FNO3. The van der Waals surface area contributed by atoms with Crippen LogP contribution in [0.4, 0.5) is 10.1 Å². The largest absolute Gasteiger partial charge is 0.486 e. The van der Waals surface area contributed by atoms with Gasteiger partial charge in [-0.15, -0.1) is 0 Å². The normalized spacial score (nSPS) is 10.2. The molecule has 0 amide bonds. The number of rotatable bonds is 5. The van der Waals surface area contributed by atoms with Crippen LogP contribution in [-0.4, -0.2) is 12.6 Å². The Balaban J connectivity index is 2.23. The van der Waals surface area contributed by atoms with Crippen LogP contribution in [0.5, 0.6) is 5.75 Å². The van der Waals surface area contributed by atoms with E-state index in [0.29, 0.717) is 11.3 Å². The van der Waals surface area contributed by atoms with Crippen molar-refractivity contribution in [1.82, 2.24) is 0 Å². The van der Waals surface area contributed by atoms with Crippen molar-refractivity contribution in [3.8, 4) is 5.75 Å². The number of hydrogen-bond donors (Lipinski definition) is 1. The summed E-state index contributed by atoms with van der Waals surface area (Å²) in [4.78, 5) is 11.9. The Hall–Kier alpha value is -2.56. The Kier molecular flexibility index (Phi) is 4.77. The molecule has 0 radical (unpaired) electrons. The Morgan fingerprint density at radius 3 is 2.67 bits per heavy atom. The molecule has 0 heterocycles. The van der Waals surface area contributed by atoms with Gasteiger partial charge in [0.15, 0.2) is 5.75 Å². The molecule has 2 N–H and O–H groups in total. The predicted octanol–water partition coefficient (Wildman–Crippen LogP) is 3.16. The van der Waals surface area contributed by atoms with Crippen LogP contribution < -0.4 is 10.5 Å². The summed E-state index contributed by atoms with van der Waals surface area (Å²) in [5.41, 5.74) is 6.75. The van der Waals surface area contributed by atoms with Gasteiger partial charge in [0.05, 0.1) is 12.3 Å². The summed E-state index contributed by atoms with van der Waals surface area (Å²) in [7, 11) is 0. The molecule has 0 aliphatic heterocycles. The molecule has 0 spiro atoms. The fourth-order valence-corrected chi connectivity index (χ4v) is 1.85. The number of benzene rings is 2. The quantitative estimate of drug-likeness (QED) is 0.678. The van der Waals surface area contributed by atoms with Crippen LogP contribution in [0, 0.1) is 5.82 Å². The predicted molar refractivity (Wildman–Crippen MR) is 77.5 cm³/mol. The van der Waals surface area contributed by atoms with E-state index in [-0.39, 0.29) is 30.3 Å². The molecule has 0 aromatic heterocycles. The summed E-state index contributed by atoms with van der Waals surface area (Å²) in [6.45, 7) is 1.94. The first-order chi connectivity index (χ1) is 10.1. The second-order valence-corrected chi connectivity index (χ2v) is 4.32. The average Bonchev–Trinajstić information content (AvgIpc) is 2.47. The summed E-state index contributed by atoms with van der Waals surface area (Å²) in [6.07, 6.45) is 0. The van der Waals surface area contributed by atoms with Crippen LogP contribution in [0.15, 0.2) is 42.5 Å². The highest BCUT2D eigenvalue weighted by molar-refractivity contribution is 5.94. The number of carbonyl (C=O) groups excluding carboxylic acids is 1. The topological polar surface area (TPSA) is 61.5 Å². The minimum atomic E-state index is -0.520. The van der Waals surface area contributed by atoms with Crippen LogP contribution in [0.1, 0.15) is 22.8 Å². The SMILES string of the molecule is CCOC(=O)c1cccc(N)c1OCc1ccccc1F. The lowest BCUT2D eigenvalue weighted by molar-refractivity contribution is 0.0521. The molecule has 4 nitrogen and oxygen atoms in total. The van der Waals surface area contributed by atoms with Gasteiger partial charge < -0.3 is 15.2 Å². The summed E-state index contributed by atoms with van der Waals surface area (Å²) in [6, 6.07) is 11.1. The van der Waals surface area contributed by atoms with Crippen molar-refractivity contribution in [2.75, 3.05) is 12.3 Å². The number of nitrogens with two attached hydrogens (primary N) is 1. The Morgan fingerprint density at radius 1 is 1.19 bits per heavy atom. The summed E-state index contributed by atoms with van der Waals surface area (Å²) in [5, 5.41) is 0. The molecule has 0 aliphatic carbocycles. The van der Waals surface area contributed by atoms with Crippen LogP contribution in [0.3, 0.4) is 0 Å². The second kappa shape index (κ2) is 6.74. The maximum atomic E-state index is 13.6. The highest BCUT2D eigenvalue weighted by Gasteiger charge is 2.16. The molecular weight excluding hydrogens is 273 g/mol. The van der Waals surface area contributed by atoms with Gasteiger partial charge in [0.1, 0.15) is 18.0 Å². The number of carbonyl (C=O) groups is 1. The number of nitrogen functional groups attached to an aromatic ring is 1. The lowest BCUT2D eigenvalue weighted by Crippen LogP contribution is -2.10. The second-order valence-electron chi connectivity index (χ2n) is 4.32. The van der Waals surface area contributed by atoms with Gasteiger partial charge in [-0.25, -0.2) is 9.18 Å². The van der Waals surface area contributed by atoms with Gasteiger partial charge in [0, 0.05) is 5.56 Å². The maximum absolute atomic E-state index is 13.6. The first kappa shape index (κ1) is 14.8. The molecule has 21 heavy (non-hydrogen) atoms. The highest BCUT2D eigenvalue weighted by Crippen LogP contribution is 2.28. The van der Waals surface area contributed by atoms with Gasteiger partial charge in [-0.3, -0.25) is 0 Å². The van der Waals surface area contributed by atoms with E-state index < -0.39 is 5.97 Å². The van der Waals surface area contributed by atoms with E-state index in [9.17, 15) is 9.18 Å². The Morgan fingerprint density at radius 2 is 1.95 bits per heavy atom. The van der Waals surface area contributed by atoms with Crippen molar-refractivity contribution >= 4 is 11.7 Å². The molecule has 0 saturated heterocycles. The van der Waals surface area contributed by atoms with Crippen molar-refractivity contribution in [1.29, 1.82) is 0 Å². The number of hydrogen-bond acceptors (Lipinski definition) is 4. The first-order valence-electron chi connectivity index (χ1n) is 6.55. The number of anilines is 1. The van der Waals surface area contributed by atoms with Gasteiger partial charge in [-0.2, -0.15) is 0 Å². The minimum Gasteiger partial charge on any atom is -0.486 e. The van der Waals surface area contributed by atoms with E-state index in [0.717, 1.165) is 0 Å². The fraction of sp³-hybridized carbons (Fsp3) is 0.188. The van der Waals surface area contributed by atoms with Gasteiger partial charge >= 0.3 is 5.97 Å². The zero-order chi connectivity index (χ0) is 15.2. The lowest BCUT2D eigenvalue weighted by atomic mass is 10.1. The van der Waals surface area contributed by atoms with Gasteiger partial charge in [0.25, 0.3) is 0 Å². The van der Waals surface area contributed by atoms with Crippen molar-refractivity contribution in [3.05, 3.63) is 59.4 Å². The molecule has 2 rings (SSSR count). The summed E-state index contributed by atoms with van der Waals surface area (Å²) in [5.74, 6) is -0.683. The fourth-order valence-electron chi connectivity index (χ4n) is 1.85. The third-order valence-corrected chi connectivity index (χ3v) is 2.87. The van der Waals surface area contributed by atoms with Crippen molar-refractivity contribution in [2.45, 2.75) is 13.5 Å². The molecule has 0 bridgehead atoms. The van der Waals surface area contributed by atoms with Gasteiger partial charge in [-0.05, 0) is 25.1 Å². The number of esters is 1. The van der Waals surface area contributed by atoms with Crippen molar-refractivity contribution < 1.29 is 18.7 Å². The molecule has 0 fully saturated rings. The monoisotopic (exact) mass is 289 g/mol. The van der Waals surface area contributed by atoms with E-state index in [4.69, 9.17) is 15.2 Å². The molecule has 2 aromatic carbocycles. The van der Waals surface area contributed by atoms with Crippen molar-refractivity contribution in [3.63, 3.8) is 0 Å². The third-order valence-electron chi connectivity index (χ3n) is 2.87. The van der Waals surface area contributed by atoms with Crippen LogP contribution >= 0.6 is 0 Å². The molecule has 2 aromatic rings. The Labute approximate surface area is 122 Å². The summed E-state index contributed by atoms with van der Waals surface area (Å²) < 4.78 is 24.1. The van der Waals surface area contributed by atoms with Gasteiger partial charge in [0.2, 0.25) is 0 Å². The van der Waals surface area contributed by atoms with Crippen LogP contribution in [-0.2, 0) is 11.3 Å². The molecule has 0 saturated carbocycles. The average molecular weight is 289 g/mol. The number of halogens is 1. The van der Waals surface area contributed by atoms with E-state index in [2.05, 4.69) is 0 Å². The number of para-hydroxylation sites is 1. The zero-order valence-electron chi connectivity index (χ0n) is 11.6. The minimum absolute atomic E-state index is 0.0205. The third kappa shape index (κ3) is 3.51. The van der Waals surface area contributed by atoms with Gasteiger partial charge in [-0.1, -0.05) is 24.3 Å². The number of ether oxygens (including phenoxy) is 2. The lowest BCUT2D eigenvalue weighted by Gasteiger charge is -2.13. The molecule has 0 aliphatic rings. The van der Waals surface area contributed by atoms with E-state index in [1.165, 1.54) is 6.07 Å². The Bertz CT molecular complexity index is 643. The molecule has 0 atom stereocenters. The molecule has 0 unspecified atom stereocenters. The van der Waals surface area contributed by atoms with E-state index in [1.807, 2.05) is 0 Å². The smallest absolute Gasteiger partial charge is 0.341 e. The highest BCUT2D eigenvalue weighted by atomic mass is 19.1. The van der Waals surface area contributed by atoms with Crippen LogP contribution in [0.25, 0.3) is 0 Å². The first-order valence-corrected chi connectivity index (χ1v) is 6.55. The van der Waals surface area contributed by atoms with E-state index >= 15 is 0 Å². The summed E-state index contributed by atoms with van der Waals surface area (Å²) >= 11 is 0. The molecule has 5 heteroatoms. The standard InChI is InChI=1S/C16H16FNO3/c1-2-20-16(19)12-7-5-9-14(18)15(12)21-10-11-6-3-4-8-13(11)17/h3-9H,2,10,18H2,1H3. The van der Waals surface area contributed by atoms with Crippen LogP contribution in [0.2, 0.25) is 0 Å². The maximum Gasteiger partial charge on any atom is 0.341 e. The molecule has 110 valence electrons.